The summed E-state index contributed by atoms with van der Waals surface area (Å²) >= 11 is 0. The average molecular weight is 423 g/mol. The minimum Gasteiger partial charge on any atom is -0.497 e. The van der Waals surface area contributed by atoms with Gasteiger partial charge in [0.15, 0.2) is 0 Å². The smallest absolute Gasteiger partial charge is 0.321 e. The number of methoxy groups -OCH3 is 1. The van der Waals surface area contributed by atoms with Gasteiger partial charge in [0, 0.05) is 12.4 Å². The van der Waals surface area contributed by atoms with E-state index in [4.69, 9.17) is 9.47 Å². The number of nitrogens with one attached hydrogen (secondary N) is 1. The first-order chi connectivity index (χ1) is 14.9. The number of rotatable bonds is 8. The third kappa shape index (κ3) is 5.03. The van der Waals surface area contributed by atoms with Gasteiger partial charge in [-0.25, -0.2) is 0 Å². The van der Waals surface area contributed by atoms with Crippen LogP contribution in [0.4, 0.5) is 0 Å². The van der Waals surface area contributed by atoms with E-state index in [1.807, 2.05) is 38.1 Å². The first kappa shape index (κ1) is 21.9. The van der Waals surface area contributed by atoms with E-state index in [-0.39, 0.29) is 18.5 Å². The monoisotopic (exact) mass is 423 g/mol. The summed E-state index contributed by atoms with van der Waals surface area (Å²) in [7, 11) is 1.58. The Morgan fingerprint density at radius 1 is 1.03 bits per heavy atom. The van der Waals surface area contributed by atoms with Crippen molar-refractivity contribution < 1.29 is 14.3 Å². The predicted molar refractivity (Wildman–Crippen MR) is 117 cm³/mol. The van der Waals surface area contributed by atoms with Gasteiger partial charge in [-0.05, 0) is 43.7 Å². The van der Waals surface area contributed by atoms with E-state index >= 15 is 0 Å². The van der Waals surface area contributed by atoms with Crippen molar-refractivity contribution in [2.75, 3.05) is 13.7 Å². The lowest BCUT2D eigenvalue weighted by Crippen LogP contribution is -2.42. The van der Waals surface area contributed by atoms with Gasteiger partial charge in [0.1, 0.15) is 18.0 Å². The molecule has 0 aliphatic heterocycles. The van der Waals surface area contributed by atoms with Crippen LogP contribution in [0.5, 0.6) is 11.5 Å². The molecule has 0 radical (unpaired) electrons. The highest BCUT2D eigenvalue weighted by atomic mass is 16.5. The third-order valence-corrected chi connectivity index (χ3v) is 4.79. The van der Waals surface area contributed by atoms with Crippen LogP contribution in [0.3, 0.4) is 0 Å². The molecule has 8 nitrogen and oxygen atoms in total. The fourth-order valence-corrected chi connectivity index (χ4v) is 3.17. The van der Waals surface area contributed by atoms with Crippen molar-refractivity contribution in [3.8, 4) is 17.2 Å². The lowest BCUT2D eigenvalue weighted by Gasteiger charge is -2.16. The highest BCUT2D eigenvalue weighted by Gasteiger charge is 2.14. The van der Waals surface area contributed by atoms with Gasteiger partial charge in [-0.15, -0.1) is 0 Å². The fourth-order valence-electron chi connectivity index (χ4n) is 3.17. The van der Waals surface area contributed by atoms with Gasteiger partial charge in [-0.3, -0.25) is 23.5 Å². The summed E-state index contributed by atoms with van der Waals surface area (Å²) in [5, 5.41) is 2.83. The second kappa shape index (κ2) is 9.80. The van der Waals surface area contributed by atoms with E-state index in [2.05, 4.69) is 5.32 Å². The van der Waals surface area contributed by atoms with Crippen molar-refractivity contribution >= 4 is 5.91 Å². The molecule has 0 fully saturated rings. The summed E-state index contributed by atoms with van der Waals surface area (Å²) < 4.78 is 13.0. The Labute approximate surface area is 179 Å². The molecule has 1 heterocycles. The predicted octanol–water partition coefficient (Wildman–Crippen LogP) is 2.28. The van der Waals surface area contributed by atoms with Crippen LogP contribution in [0.15, 0.2) is 70.5 Å². The van der Waals surface area contributed by atoms with Crippen LogP contribution in [0.2, 0.25) is 0 Å². The van der Waals surface area contributed by atoms with Crippen molar-refractivity contribution in [2.24, 2.45) is 0 Å². The van der Waals surface area contributed by atoms with Crippen LogP contribution >= 0.6 is 0 Å². The van der Waals surface area contributed by atoms with Crippen LogP contribution in [-0.2, 0) is 11.3 Å². The van der Waals surface area contributed by atoms with Crippen LogP contribution in [0.25, 0.3) is 5.69 Å². The number of aromatic nitrogens is 2. The SMILES string of the molecule is CCOc1ccccc1-n1ccn(CC(=O)N[C@@H](C)c2ccc(OC)cc2)c(=O)c1=O. The van der Waals surface area contributed by atoms with E-state index in [0.717, 1.165) is 15.9 Å². The van der Waals surface area contributed by atoms with Gasteiger partial charge >= 0.3 is 11.1 Å². The number of carbonyl (C=O) groups excluding carboxylic acids is 1. The normalized spacial score (nSPS) is 11.6. The molecule has 1 aromatic heterocycles. The number of amides is 1. The standard InChI is InChI=1S/C23H25N3O5/c1-4-31-20-8-6-5-7-19(20)26-14-13-25(22(28)23(26)29)15-21(27)24-16(2)17-9-11-18(30-3)12-10-17/h5-14,16H,4,15H2,1-3H3,(H,24,27)/t16-/m0/s1. The Balaban J connectivity index is 1.77. The number of benzene rings is 2. The molecule has 3 rings (SSSR count). The molecule has 1 N–H and O–H groups in total. The van der Waals surface area contributed by atoms with Gasteiger partial charge in [-0.2, -0.15) is 0 Å². The van der Waals surface area contributed by atoms with E-state index in [0.29, 0.717) is 18.0 Å². The minimum absolute atomic E-state index is 0.261. The number of hydrogen-bond acceptors (Lipinski definition) is 5. The van der Waals surface area contributed by atoms with Gasteiger partial charge in [0.25, 0.3) is 0 Å². The molecule has 2 aromatic carbocycles. The first-order valence-corrected chi connectivity index (χ1v) is 9.92. The Morgan fingerprint density at radius 3 is 2.42 bits per heavy atom. The summed E-state index contributed by atoms with van der Waals surface area (Å²) in [6.45, 7) is 3.84. The molecule has 162 valence electrons. The lowest BCUT2D eigenvalue weighted by molar-refractivity contribution is -0.122. The molecule has 8 heteroatoms. The zero-order chi connectivity index (χ0) is 22.4. The zero-order valence-corrected chi connectivity index (χ0v) is 17.7. The Bertz CT molecular complexity index is 1160. The minimum atomic E-state index is -0.791. The Hall–Kier alpha value is -3.81. The molecular weight excluding hydrogens is 398 g/mol. The maximum absolute atomic E-state index is 12.7. The number of ether oxygens (including phenoxy) is 2. The largest absolute Gasteiger partial charge is 0.497 e. The van der Waals surface area contributed by atoms with Crippen LogP contribution in [-0.4, -0.2) is 28.8 Å². The fraction of sp³-hybridized carbons (Fsp3) is 0.261. The number of para-hydroxylation sites is 2. The van der Waals surface area contributed by atoms with Crippen LogP contribution < -0.4 is 25.9 Å². The molecule has 0 bridgehead atoms. The summed E-state index contributed by atoms with van der Waals surface area (Å²) in [4.78, 5) is 37.7. The van der Waals surface area contributed by atoms with Crippen molar-refractivity contribution in [1.29, 1.82) is 0 Å². The highest BCUT2D eigenvalue weighted by molar-refractivity contribution is 5.76. The van der Waals surface area contributed by atoms with Gasteiger partial charge in [-0.1, -0.05) is 24.3 Å². The summed E-state index contributed by atoms with van der Waals surface area (Å²) in [5.41, 5.74) is -0.188. The number of nitrogens with zero attached hydrogens (tertiary/aromatic N) is 2. The van der Waals surface area contributed by atoms with E-state index in [1.165, 1.54) is 17.0 Å². The second-order valence-corrected chi connectivity index (χ2v) is 6.87. The second-order valence-electron chi connectivity index (χ2n) is 6.87. The number of hydrogen-bond donors (Lipinski definition) is 1. The van der Waals surface area contributed by atoms with Crippen molar-refractivity contribution in [1.82, 2.24) is 14.5 Å². The van der Waals surface area contributed by atoms with Crippen molar-refractivity contribution in [2.45, 2.75) is 26.4 Å². The highest BCUT2D eigenvalue weighted by Crippen LogP contribution is 2.20. The summed E-state index contributed by atoms with van der Waals surface area (Å²) in [5.74, 6) is 0.841. The molecule has 0 aliphatic carbocycles. The molecule has 3 aromatic rings. The van der Waals surface area contributed by atoms with Crippen LogP contribution in [0, 0.1) is 0 Å². The van der Waals surface area contributed by atoms with Crippen molar-refractivity contribution in [3.05, 3.63) is 87.2 Å². The molecule has 0 unspecified atom stereocenters. The third-order valence-electron chi connectivity index (χ3n) is 4.79. The molecule has 0 saturated carbocycles. The average Bonchev–Trinajstić information content (AvgIpc) is 2.78. The maximum Gasteiger partial charge on any atom is 0.321 e. The molecule has 0 aliphatic rings. The molecular formula is C23H25N3O5. The zero-order valence-electron chi connectivity index (χ0n) is 17.7. The lowest BCUT2D eigenvalue weighted by atomic mass is 10.1. The Morgan fingerprint density at radius 2 is 1.74 bits per heavy atom. The van der Waals surface area contributed by atoms with E-state index in [9.17, 15) is 14.4 Å². The summed E-state index contributed by atoms with van der Waals surface area (Å²) in [6, 6.07) is 14.0. The van der Waals surface area contributed by atoms with Gasteiger partial charge < -0.3 is 14.8 Å². The van der Waals surface area contributed by atoms with E-state index < -0.39 is 11.1 Å². The molecule has 31 heavy (non-hydrogen) atoms. The van der Waals surface area contributed by atoms with Crippen LogP contribution in [0.1, 0.15) is 25.5 Å². The molecule has 1 atom stereocenters. The summed E-state index contributed by atoms with van der Waals surface area (Å²) in [6.07, 6.45) is 2.88. The first-order valence-electron chi connectivity index (χ1n) is 9.92. The Kier molecular flexibility index (Phi) is 6.92. The van der Waals surface area contributed by atoms with Crippen molar-refractivity contribution in [3.63, 3.8) is 0 Å². The molecule has 0 saturated heterocycles. The maximum atomic E-state index is 12.7. The number of carbonyl (C=O) groups is 1. The van der Waals surface area contributed by atoms with E-state index in [1.54, 1.807) is 31.4 Å². The van der Waals surface area contributed by atoms with Gasteiger partial charge in [0.2, 0.25) is 5.91 Å². The quantitative estimate of drug-likeness (QED) is 0.562. The van der Waals surface area contributed by atoms with Gasteiger partial charge in [0.05, 0.1) is 25.4 Å². The molecule has 1 amide bonds. The topological polar surface area (TPSA) is 91.6 Å². The molecule has 0 spiro atoms.